The molecule has 0 spiro atoms. The normalized spacial score (nSPS) is 39.3. The van der Waals surface area contributed by atoms with E-state index in [1.165, 1.54) is 18.3 Å². The lowest BCUT2D eigenvalue weighted by molar-refractivity contribution is -0.152. The molecular formula is C14H19NO6. The van der Waals surface area contributed by atoms with Crippen molar-refractivity contribution in [1.82, 2.24) is 4.90 Å². The second kappa shape index (κ2) is 4.62. The van der Waals surface area contributed by atoms with Gasteiger partial charge in [-0.25, -0.2) is 9.59 Å². The van der Waals surface area contributed by atoms with Crippen molar-refractivity contribution < 1.29 is 28.5 Å². The highest BCUT2D eigenvalue weighted by Gasteiger charge is 2.71. The summed E-state index contributed by atoms with van der Waals surface area (Å²) in [4.78, 5) is 24.9. The van der Waals surface area contributed by atoms with Crippen LogP contribution in [0.5, 0.6) is 0 Å². The maximum Gasteiger partial charge on any atom is 0.412 e. The lowest BCUT2D eigenvalue weighted by atomic mass is 9.82. The molecule has 2 fully saturated rings. The van der Waals surface area contributed by atoms with Gasteiger partial charge < -0.3 is 23.8 Å². The number of ether oxygens (including phenoxy) is 4. The number of carbonyl (C=O) groups excluding carboxylic acids is 2. The highest BCUT2D eigenvalue weighted by Crippen LogP contribution is 2.61. The highest BCUT2D eigenvalue weighted by molar-refractivity contribution is 5.89. The molecule has 7 nitrogen and oxygen atoms in total. The Kier molecular flexibility index (Phi) is 3.12. The summed E-state index contributed by atoms with van der Waals surface area (Å²) in [6, 6.07) is 0. The van der Waals surface area contributed by atoms with E-state index in [0.717, 1.165) is 0 Å². The van der Waals surface area contributed by atoms with Crippen molar-refractivity contribution in [2.45, 2.75) is 31.3 Å². The van der Waals surface area contributed by atoms with Crippen LogP contribution in [0.2, 0.25) is 0 Å². The van der Waals surface area contributed by atoms with Gasteiger partial charge >= 0.3 is 12.1 Å². The van der Waals surface area contributed by atoms with E-state index in [9.17, 15) is 9.59 Å². The molecule has 0 aromatic heterocycles. The third kappa shape index (κ3) is 2.07. The van der Waals surface area contributed by atoms with Gasteiger partial charge in [0.25, 0.3) is 6.29 Å². The van der Waals surface area contributed by atoms with Gasteiger partial charge in [0.15, 0.2) is 0 Å². The second-order valence-corrected chi connectivity index (χ2v) is 6.01. The first kappa shape index (κ1) is 14.2. The summed E-state index contributed by atoms with van der Waals surface area (Å²) in [6.07, 6.45) is 0.899. The average Bonchev–Trinajstić information content (AvgIpc) is 3.00. The van der Waals surface area contributed by atoms with Crippen LogP contribution in [0.15, 0.2) is 11.8 Å². The van der Waals surface area contributed by atoms with Crippen LogP contribution >= 0.6 is 0 Å². The van der Waals surface area contributed by atoms with Crippen LogP contribution in [-0.4, -0.2) is 56.2 Å². The van der Waals surface area contributed by atoms with Crippen LogP contribution in [0, 0.1) is 11.8 Å². The number of carbonyl (C=O) groups is 2. The average molecular weight is 297 g/mol. The third-order valence-electron chi connectivity index (χ3n) is 4.57. The van der Waals surface area contributed by atoms with Gasteiger partial charge in [0, 0.05) is 20.0 Å². The van der Waals surface area contributed by atoms with E-state index in [4.69, 9.17) is 18.9 Å². The van der Waals surface area contributed by atoms with Gasteiger partial charge in [0.1, 0.15) is 5.60 Å². The molecular weight excluding hydrogens is 278 g/mol. The highest BCUT2D eigenvalue weighted by atomic mass is 16.7. The number of hydrogen-bond donors (Lipinski definition) is 0. The van der Waals surface area contributed by atoms with Crippen LogP contribution in [-0.2, 0) is 23.7 Å². The van der Waals surface area contributed by atoms with Crippen molar-refractivity contribution in [2.24, 2.45) is 11.8 Å². The van der Waals surface area contributed by atoms with Gasteiger partial charge in [0.05, 0.1) is 31.0 Å². The lowest BCUT2D eigenvalue weighted by Gasteiger charge is -2.36. The number of amides is 1. The number of nitrogens with zero attached hydrogens (tertiary/aromatic N) is 1. The van der Waals surface area contributed by atoms with E-state index in [0.29, 0.717) is 12.0 Å². The molecule has 3 rings (SSSR count). The van der Waals surface area contributed by atoms with Gasteiger partial charge in [-0.1, -0.05) is 0 Å². The molecule has 0 radical (unpaired) electrons. The molecule has 4 unspecified atom stereocenters. The monoisotopic (exact) mass is 297 g/mol. The predicted molar refractivity (Wildman–Crippen MR) is 70.0 cm³/mol. The van der Waals surface area contributed by atoms with Crippen molar-refractivity contribution in [2.75, 3.05) is 21.2 Å². The van der Waals surface area contributed by atoms with E-state index in [2.05, 4.69) is 0 Å². The molecule has 2 aliphatic heterocycles. The summed E-state index contributed by atoms with van der Waals surface area (Å²) in [7, 11) is 4.54. The van der Waals surface area contributed by atoms with Crippen molar-refractivity contribution >= 4 is 12.1 Å². The molecule has 1 aliphatic carbocycles. The fourth-order valence-electron chi connectivity index (χ4n) is 3.34. The second-order valence-electron chi connectivity index (χ2n) is 6.01. The zero-order valence-electron chi connectivity index (χ0n) is 12.5. The van der Waals surface area contributed by atoms with Crippen molar-refractivity contribution in [3.05, 3.63) is 11.8 Å². The number of fused-ring (bicyclic) bond motifs is 3. The SMILES string of the molecule is COC(=O)C1=COC(OC(=O)N(C)C)C2C1CC1O[C@@]12C. The minimum absolute atomic E-state index is 0.0721. The van der Waals surface area contributed by atoms with Gasteiger partial charge in [-0.3, -0.25) is 0 Å². The Labute approximate surface area is 122 Å². The summed E-state index contributed by atoms with van der Waals surface area (Å²) in [5.74, 6) is -0.687. The predicted octanol–water partition coefficient (Wildman–Crippen LogP) is 0.891. The van der Waals surface area contributed by atoms with Gasteiger partial charge in [0.2, 0.25) is 0 Å². The molecule has 0 aromatic carbocycles. The minimum Gasteiger partial charge on any atom is -0.466 e. The number of methoxy groups -OCH3 is 1. The van der Waals surface area contributed by atoms with Gasteiger partial charge in [-0.2, -0.15) is 0 Å². The topological polar surface area (TPSA) is 77.6 Å². The van der Waals surface area contributed by atoms with E-state index >= 15 is 0 Å². The van der Waals surface area contributed by atoms with Gasteiger partial charge in [-0.05, 0) is 13.3 Å². The Morgan fingerprint density at radius 2 is 2.14 bits per heavy atom. The van der Waals surface area contributed by atoms with Crippen molar-refractivity contribution in [3.63, 3.8) is 0 Å². The van der Waals surface area contributed by atoms with Gasteiger partial charge in [-0.15, -0.1) is 0 Å². The molecule has 3 aliphatic rings. The largest absolute Gasteiger partial charge is 0.466 e. The standard InChI is InChI=1S/C14H19NO6/c1-14-9(21-14)5-7-8(11(16)18-4)6-19-12(10(7)14)20-13(17)15(2)3/h6-7,9-10,12H,5H2,1-4H3/t7?,9?,10?,12?,14-/m0/s1. The first-order valence-electron chi connectivity index (χ1n) is 6.88. The smallest absolute Gasteiger partial charge is 0.412 e. The fourth-order valence-corrected chi connectivity index (χ4v) is 3.34. The molecule has 1 saturated heterocycles. The van der Waals surface area contributed by atoms with Crippen LogP contribution in [0.25, 0.3) is 0 Å². The van der Waals surface area contributed by atoms with Crippen LogP contribution in [0.1, 0.15) is 13.3 Å². The quantitative estimate of drug-likeness (QED) is 0.556. The molecule has 0 bridgehead atoms. The summed E-state index contributed by atoms with van der Waals surface area (Å²) >= 11 is 0. The number of esters is 1. The first-order chi connectivity index (χ1) is 9.88. The Morgan fingerprint density at radius 3 is 2.76 bits per heavy atom. The Balaban J connectivity index is 1.85. The fraction of sp³-hybridized carbons (Fsp3) is 0.714. The summed E-state index contributed by atoms with van der Waals surface area (Å²) < 4.78 is 21.3. The zero-order chi connectivity index (χ0) is 15.4. The Bertz CT molecular complexity index is 516. The first-order valence-corrected chi connectivity index (χ1v) is 6.88. The van der Waals surface area contributed by atoms with E-state index in [-0.39, 0.29) is 17.9 Å². The number of rotatable bonds is 2. The molecule has 0 N–H and O–H groups in total. The molecule has 1 amide bonds. The maximum absolute atomic E-state index is 11.8. The molecule has 116 valence electrons. The van der Waals surface area contributed by atoms with E-state index in [1.807, 2.05) is 6.92 Å². The van der Waals surface area contributed by atoms with Crippen LogP contribution in [0.4, 0.5) is 4.79 Å². The zero-order valence-corrected chi connectivity index (χ0v) is 12.5. The number of hydrogen-bond acceptors (Lipinski definition) is 6. The third-order valence-corrected chi connectivity index (χ3v) is 4.57. The van der Waals surface area contributed by atoms with E-state index < -0.39 is 24.0 Å². The maximum atomic E-state index is 11.8. The molecule has 7 heteroatoms. The lowest BCUT2D eigenvalue weighted by Crippen LogP contribution is -2.44. The molecule has 21 heavy (non-hydrogen) atoms. The minimum atomic E-state index is -0.754. The molecule has 0 aromatic rings. The Hall–Kier alpha value is -1.76. The van der Waals surface area contributed by atoms with E-state index in [1.54, 1.807) is 14.1 Å². The summed E-state index contributed by atoms with van der Waals surface area (Å²) in [6.45, 7) is 1.96. The Morgan fingerprint density at radius 1 is 1.43 bits per heavy atom. The van der Waals surface area contributed by atoms with Crippen molar-refractivity contribution in [3.8, 4) is 0 Å². The van der Waals surface area contributed by atoms with Crippen LogP contribution in [0.3, 0.4) is 0 Å². The van der Waals surface area contributed by atoms with Crippen LogP contribution < -0.4 is 0 Å². The molecule has 1 saturated carbocycles. The number of epoxide rings is 1. The van der Waals surface area contributed by atoms with Crippen molar-refractivity contribution in [1.29, 1.82) is 0 Å². The molecule has 2 heterocycles. The molecule has 5 atom stereocenters. The summed E-state index contributed by atoms with van der Waals surface area (Å²) in [5.41, 5.74) is 0.0758. The summed E-state index contributed by atoms with van der Waals surface area (Å²) in [5, 5.41) is 0.